The van der Waals surface area contributed by atoms with Gasteiger partial charge < -0.3 is 14.4 Å². The van der Waals surface area contributed by atoms with Crippen LogP contribution in [0.2, 0.25) is 0 Å². The molecule has 0 amide bonds. The molecule has 3 nitrogen and oxygen atoms in total. The van der Waals surface area contributed by atoms with Gasteiger partial charge in [-0.05, 0) is 59.7 Å². The molecule has 0 unspecified atom stereocenters. The van der Waals surface area contributed by atoms with Crippen LogP contribution in [0.5, 0.6) is 23.0 Å². The van der Waals surface area contributed by atoms with Crippen molar-refractivity contribution in [2.75, 3.05) is 4.90 Å². The lowest BCUT2D eigenvalue weighted by atomic mass is 9.62. The summed E-state index contributed by atoms with van der Waals surface area (Å²) in [6.07, 6.45) is 0. The molecule has 2 heterocycles. The highest BCUT2D eigenvalue weighted by Crippen LogP contribution is 2.61. The number of rotatable bonds is 4. The number of anilines is 3. The summed E-state index contributed by atoms with van der Waals surface area (Å²) in [4.78, 5) is 2.30. The van der Waals surface area contributed by atoms with Crippen LogP contribution in [-0.4, -0.2) is 0 Å². The molecule has 0 aliphatic carbocycles. The maximum Gasteiger partial charge on any atom is 0.134 e. The summed E-state index contributed by atoms with van der Waals surface area (Å²) in [6.45, 7) is 0. The van der Waals surface area contributed by atoms with E-state index in [2.05, 4.69) is 163 Å². The van der Waals surface area contributed by atoms with Crippen molar-refractivity contribution in [3.8, 4) is 34.1 Å². The first-order valence-corrected chi connectivity index (χ1v) is 15.6. The van der Waals surface area contributed by atoms with E-state index in [0.29, 0.717) is 0 Å². The highest BCUT2D eigenvalue weighted by atomic mass is 16.5. The van der Waals surface area contributed by atoms with Crippen LogP contribution in [0.3, 0.4) is 0 Å². The largest absolute Gasteiger partial charge is 0.457 e. The smallest absolute Gasteiger partial charge is 0.134 e. The van der Waals surface area contributed by atoms with Gasteiger partial charge in [0, 0.05) is 45.4 Å². The number of para-hydroxylation sites is 4. The molecule has 0 saturated heterocycles. The van der Waals surface area contributed by atoms with Gasteiger partial charge in [0.15, 0.2) is 0 Å². The molecule has 218 valence electrons. The van der Waals surface area contributed by atoms with E-state index in [1.54, 1.807) is 0 Å². The maximum atomic E-state index is 6.82. The lowest BCUT2D eigenvalue weighted by Crippen LogP contribution is -2.36. The third kappa shape index (κ3) is 3.99. The Labute approximate surface area is 268 Å². The van der Waals surface area contributed by atoms with Crippen LogP contribution in [0.1, 0.15) is 22.3 Å². The zero-order valence-corrected chi connectivity index (χ0v) is 25.0. The van der Waals surface area contributed by atoms with Crippen molar-refractivity contribution in [2.24, 2.45) is 0 Å². The quantitative estimate of drug-likeness (QED) is 0.203. The van der Waals surface area contributed by atoms with Crippen LogP contribution in [0, 0.1) is 0 Å². The Morgan fingerprint density at radius 2 is 0.783 bits per heavy atom. The molecule has 0 saturated carbocycles. The van der Waals surface area contributed by atoms with E-state index < -0.39 is 5.41 Å². The minimum absolute atomic E-state index is 0.612. The lowest BCUT2D eigenvalue weighted by Gasteiger charge is -2.45. The summed E-state index contributed by atoms with van der Waals surface area (Å²) >= 11 is 0. The second-order valence-corrected chi connectivity index (χ2v) is 11.7. The van der Waals surface area contributed by atoms with Crippen molar-refractivity contribution in [2.45, 2.75) is 5.41 Å². The predicted molar refractivity (Wildman–Crippen MR) is 185 cm³/mol. The van der Waals surface area contributed by atoms with Crippen molar-refractivity contribution >= 4 is 17.1 Å². The van der Waals surface area contributed by atoms with Crippen LogP contribution in [0.4, 0.5) is 17.1 Å². The molecule has 3 heteroatoms. The van der Waals surface area contributed by atoms with Crippen LogP contribution in [0.25, 0.3) is 11.1 Å². The van der Waals surface area contributed by atoms with Crippen LogP contribution in [-0.2, 0) is 5.41 Å². The summed E-state index contributed by atoms with van der Waals surface area (Å²) in [6, 6.07) is 61.6. The summed E-state index contributed by atoms with van der Waals surface area (Å²) in [5.41, 5.74) is 9.29. The molecule has 0 fully saturated rings. The minimum Gasteiger partial charge on any atom is -0.457 e. The summed E-state index contributed by atoms with van der Waals surface area (Å²) < 4.78 is 13.3. The van der Waals surface area contributed by atoms with E-state index in [-0.39, 0.29) is 0 Å². The Balaban J connectivity index is 1.28. The molecule has 0 atom stereocenters. The van der Waals surface area contributed by atoms with E-state index in [4.69, 9.17) is 9.47 Å². The Morgan fingerprint density at radius 3 is 1.41 bits per heavy atom. The van der Waals surface area contributed by atoms with E-state index in [9.17, 15) is 0 Å². The summed E-state index contributed by atoms with van der Waals surface area (Å²) in [7, 11) is 0. The molecule has 2 aliphatic heterocycles. The van der Waals surface area contributed by atoms with E-state index in [0.717, 1.165) is 67.9 Å². The zero-order chi connectivity index (χ0) is 30.5. The fourth-order valence-corrected chi connectivity index (χ4v) is 7.23. The van der Waals surface area contributed by atoms with Gasteiger partial charge >= 0.3 is 0 Å². The third-order valence-corrected chi connectivity index (χ3v) is 9.17. The molecule has 0 N–H and O–H groups in total. The van der Waals surface area contributed by atoms with Crippen LogP contribution < -0.4 is 14.4 Å². The van der Waals surface area contributed by atoms with Crippen LogP contribution >= 0.6 is 0 Å². The second kappa shape index (κ2) is 10.5. The first kappa shape index (κ1) is 26.4. The number of benzene rings is 7. The van der Waals surface area contributed by atoms with Gasteiger partial charge in [-0.25, -0.2) is 0 Å². The number of nitrogens with zero attached hydrogens (tertiary/aromatic N) is 1. The minimum atomic E-state index is -0.612. The Bertz CT molecular complexity index is 2160. The number of hydrogen-bond donors (Lipinski definition) is 0. The topological polar surface area (TPSA) is 21.7 Å². The molecule has 2 aliphatic rings. The van der Waals surface area contributed by atoms with Crippen molar-refractivity contribution in [1.82, 2.24) is 0 Å². The molecule has 1 spiro atoms. The Hall–Kier alpha value is -6.06. The molecule has 46 heavy (non-hydrogen) atoms. The average Bonchev–Trinajstić information content (AvgIpc) is 3.12. The fraction of sp³-hybridized carbons (Fsp3) is 0.0233. The van der Waals surface area contributed by atoms with Gasteiger partial charge in [-0.15, -0.1) is 0 Å². The summed E-state index contributed by atoms with van der Waals surface area (Å²) in [5, 5.41) is 0. The van der Waals surface area contributed by atoms with Crippen molar-refractivity contribution in [3.63, 3.8) is 0 Å². The normalized spacial score (nSPS) is 13.3. The van der Waals surface area contributed by atoms with E-state index in [1.165, 1.54) is 5.56 Å². The van der Waals surface area contributed by atoms with Crippen molar-refractivity contribution in [3.05, 3.63) is 198 Å². The number of hydrogen-bond acceptors (Lipinski definition) is 3. The molecular formula is C43H29NO2. The maximum absolute atomic E-state index is 6.82. The van der Waals surface area contributed by atoms with E-state index >= 15 is 0 Å². The van der Waals surface area contributed by atoms with Crippen molar-refractivity contribution < 1.29 is 9.47 Å². The van der Waals surface area contributed by atoms with Gasteiger partial charge in [0.2, 0.25) is 0 Å². The Morgan fingerprint density at radius 1 is 0.326 bits per heavy atom. The van der Waals surface area contributed by atoms with Gasteiger partial charge in [-0.2, -0.15) is 0 Å². The first-order valence-electron chi connectivity index (χ1n) is 15.6. The first-order chi connectivity index (χ1) is 22.8. The fourth-order valence-electron chi connectivity index (χ4n) is 7.23. The van der Waals surface area contributed by atoms with E-state index in [1.807, 2.05) is 18.2 Å². The molecule has 0 bridgehead atoms. The zero-order valence-electron chi connectivity index (χ0n) is 25.0. The van der Waals surface area contributed by atoms with Gasteiger partial charge in [0.25, 0.3) is 0 Å². The van der Waals surface area contributed by atoms with Crippen LogP contribution in [0.15, 0.2) is 176 Å². The lowest BCUT2D eigenvalue weighted by molar-refractivity contribution is 0.399. The molecule has 9 rings (SSSR count). The highest BCUT2D eigenvalue weighted by Gasteiger charge is 2.50. The summed E-state index contributed by atoms with van der Waals surface area (Å²) in [5.74, 6) is 3.38. The number of fused-ring (bicyclic) bond motifs is 8. The highest BCUT2D eigenvalue weighted by molar-refractivity contribution is 5.83. The standard InChI is InChI=1S/C43H29NO2/c1-3-14-30(15-4-1)31-16-13-19-33(28-31)44(32-17-5-2-6-18-32)34-26-27-38-42(29-34)46-41-25-12-9-22-37(41)43(38)35-20-7-10-23-39(35)45-40-24-11-8-21-36(40)43/h1-29H. The second-order valence-electron chi connectivity index (χ2n) is 11.7. The SMILES string of the molecule is c1ccc(-c2cccc(N(c3ccccc3)c3ccc4c(c3)Oc3ccccc3C43c4ccccc4Oc4ccccc43)c2)cc1. The predicted octanol–water partition coefficient (Wildman–Crippen LogP) is 11.4. The molecule has 0 aromatic heterocycles. The molecule has 7 aromatic carbocycles. The number of ether oxygens (including phenoxy) is 2. The third-order valence-electron chi connectivity index (χ3n) is 9.17. The molecule has 7 aromatic rings. The van der Waals surface area contributed by atoms with Gasteiger partial charge in [-0.3, -0.25) is 0 Å². The molecular weight excluding hydrogens is 562 g/mol. The monoisotopic (exact) mass is 591 g/mol. The Kier molecular flexibility index (Phi) is 6.04. The van der Waals surface area contributed by atoms with Gasteiger partial charge in [0.1, 0.15) is 23.0 Å². The van der Waals surface area contributed by atoms with Crippen molar-refractivity contribution in [1.29, 1.82) is 0 Å². The molecule has 0 radical (unpaired) electrons. The average molecular weight is 592 g/mol. The van der Waals surface area contributed by atoms with Gasteiger partial charge in [0.05, 0.1) is 5.41 Å². The van der Waals surface area contributed by atoms with Gasteiger partial charge in [-0.1, -0.05) is 121 Å².